The van der Waals surface area contributed by atoms with Crippen molar-refractivity contribution in [2.45, 2.75) is 83.8 Å². The van der Waals surface area contributed by atoms with Crippen molar-refractivity contribution in [3.63, 3.8) is 0 Å². The van der Waals surface area contributed by atoms with Gasteiger partial charge in [0.05, 0.1) is 25.6 Å². The fraction of sp³-hybridized carbons (Fsp3) is 0.750. The molecule has 2 rings (SSSR count). The van der Waals surface area contributed by atoms with E-state index in [0.717, 1.165) is 6.42 Å². The average Bonchev–Trinajstić information content (AvgIpc) is 3.07. The van der Waals surface area contributed by atoms with Crippen molar-refractivity contribution >= 4 is 17.0 Å². The van der Waals surface area contributed by atoms with E-state index in [9.17, 15) is 5.11 Å². The Morgan fingerprint density at radius 1 is 1.00 bits per heavy atom. The summed E-state index contributed by atoms with van der Waals surface area (Å²) < 4.78 is 7.39. The SMILES string of the molecule is CCCCCCCCCCCCOC[C@H](O)Cn1cnc2c(N)ncnc21. The van der Waals surface area contributed by atoms with Crippen molar-refractivity contribution in [3.8, 4) is 0 Å². The summed E-state index contributed by atoms with van der Waals surface area (Å²) in [5.41, 5.74) is 6.97. The Morgan fingerprint density at radius 3 is 2.37 bits per heavy atom. The number of aliphatic hydroxyl groups excluding tert-OH is 1. The fourth-order valence-corrected chi connectivity index (χ4v) is 3.22. The van der Waals surface area contributed by atoms with Crippen LogP contribution in [0.4, 0.5) is 5.82 Å². The Morgan fingerprint density at radius 2 is 1.67 bits per heavy atom. The molecule has 0 radical (unpaired) electrons. The van der Waals surface area contributed by atoms with E-state index in [4.69, 9.17) is 10.5 Å². The molecule has 0 saturated heterocycles. The zero-order chi connectivity index (χ0) is 19.3. The lowest BCUT2D eigenvalue weighted by Gasteiger charge is -2.12. The van der Waals surface area contributed by atoms with Crippen LogP contribution in [0.2, 0.25) is 0 Å². The molecular formula is C20H35N5O2. The normalized spacial score (nSPS) is 12.7. The standard InChI is InChI=1S/C20H35N5O2/c1-2-3-4-5-6-7-8-9-10-11-12-27-14-17(26)13-25-16-24-18-19(21)22-15-23-20(18)25/h15-17,26H,2-14H2,1H3,(H2,21,22,23)/t17-/m1/s1. The molecule has 2 heterocycles. The number of rotatable bonds is 15. The second kappa shape index (κ2) is 12.6. The molecule has 2 aromatic heterocycles. The molecule has 0 saturated carbocycles. The number of hydrogen-bond acceptors (Lipinski definition) is 6. The maximum Gasteiger partial charge on any atom is 0.165 e. The van der Waals surface area contributed by atoms with E-state index in [2.05, 4.69) is 21.9 Å². The number of aliphatic hydroxyl groups is 1. The lowest BCUT2D eigenvalue weighted by atomic mass is 10.1. The van der Waals surface area contributed by atoms with E-state index in [1.165, 1.54) is 64.1 Å². The predicted octanol–water partition coefficient (Wildman–Crippen LogP) is 3.71. The van der Waals surface area contributed by atoms with Crippen LogP contribution in [0.25, 0.3) is 11.2 Å². The number of nitrogens with two attached hydrogens (primary N) is 1. The lowest BCUT2D eigenvalue weighted by molar-refractivity contribution is 0.0271. The first-order valence-electron chi connectivity index (χ1n) is 10.4. The van der Waals surface area contributed by atoms with Crippen molar-refractivity contribution in [2.24, 2.45) is 0 Å². The van der Waals surface area contributed by atoms with Crippen LogP contribution in [-0.4, -0.2) is 43.9 Å². The maximum absolute atomic E-state index is 10.2. The van der Waals surface area contributed by atoms with E-state index >= 15 is 0 Å². The van der Waals surface area contributed by atoms with Crippen LogP contribution < -0.4 is 5.73 Å². The quantitative estimate of drug-likeness (QED) is 0.459. The Bertz CT molecular complexity index is 646. The molecule has 3 N–H and O–H groups in total. The summed E-state index contributed by atoms with van der Waals surface area (Å²) in [6.45, 7) is 3.65. The van der Waals surface area contributed by atoms with Gasteiger partial charge in [-0.1, -0.05) is 64.7 Å². The zero-order valence-electron chi connectivity index (χ0n) is 16.6. The summed E-state index contributed by atoms with van der Waals surface area (Å²) in [5.74, 6) is 0.352. The van der Waals surface area contributed by atoms with E-state index in [1.807, 2.05) is 0 Å². The number of imidazole rings is 1. The Labute approximate surface area is 162 Å². The highest BCUT2D eigenvalue weighted by Crippen LogP contribution is 2.14. The van der Waals surface area contributed by atoms with Gasteiger partial charge in [-0.2, -0.15) is 0 Å². The topological polar surface area (TPSA) is 99.1 Å². The zero-order valence-corrected chi connectivity index (χ0v) is 16.6. The van der Waals surface area contributed by atoms with Crippen LogP contribution in [0.3, 0.4) is 0 Å². The lowest BCUT2D eigenvalue weighted by Crippen LogP contribution is -2.22. The summed E-state index contributed by atoms with van der Waals surface area (Å²) in [5, 5.41) is 10.2. The molecular weight excluding hydrogens is 342 g/mol. The van der Waals surface area contributed by atoms with Crippen LogP contribution in [0.5, 0.6) is 0 Å². The van der Waals surface area contributed by atoms with Crippen molar-refractivity contribution in [3.05, 3.63) is 12.7 Å². The summed E-state index contributed by atoms with van der Waals surface area (Å²) in [4.78, 5) is 12.3. The first kappa shape index (κ1) is 21.6. The van der Waals surface area contributed by atoms with Gasteiger partial charge in [-0.25, -0.2) is 15.0 Å². The monoisotopic (exact) mass is 377 g/mol. The molecule has 0 spiro atoms. The molecule has 0 fully saturated rings. The van der Waals surface area contributed by atoms with Gasteiger partial charge in [0.25, 0.3) is 0 Å². The van der Waals surface area contributed by atoms with Gasteiger partial charge in [-0.15, -0.1) is 0 Å². The van der Waals surface area contributed by atoms with Gasteiger partial charge in [0.1, 0.15) is 11.8 Å². The van der Waals surface area contributed by atoms with Gasteiger partial charge in [-0.05, 0) is 6.42 Å². The van der Waals surface area contributed by atoms with Gasteiger partial charge in [0, 0.05) is 6.61 Å². The number of unbranched alkanes of at least 4 members (excludes halogenated alkanes) is 9. The van der Waals surface area contributed by atoms with Crippen LogP contribution >= 0.6 is 0 Å². The second-order valence-electron chi connectivity index (χ2n) is 7.24. The Balaban J connectivity index is 1.49. The van der Waals surface area contributed by atoms with E-state index < -0.39 is 6.10 Å². The van der Waals surface area contributed by atoms with Gasteiger partial charge >= 0.3 is 0 Å². The molecule has 0 bridgehead atoms. The van der Waals surface area contributed by atoms with Crippen LogP contribution in [0.1, 0.15) is 71.1 Å². The molecule has 7 nitrogen and oxygen atoms in total. The molecule has 1 atom stereocenters. The maximum atomic E-state index is 10.2. The molecule has 152 valence electrons. The van der Waals surface area contributed by atoms with E-state index in [-0.39, 0.29) is 0 Å². The fourth-order valence-electron chi connectivity index (χ4n) is 3.22. The highest BCUT2D eigenvalue weighted by molar-refractivity contribution is 5.81. The second-order valence-corrected chi connectivity index (χ2v) is 7.24. The molecule has 27 heavy (non-hydrogen) atoms. The van der Waals surface area contributed by atoms with Gasteiger partial charge in [0.2, 0.25) is 0 Å². The summed E-state index contributed by atoms with van der Waals surface area (Å²) in [6.07, 6.45) is 15.5. The van der Waals surface area contributed by atoms with E-state index in [1.54, 1.807) is 10.9 Å². The highest BCUT2D eigenvalue weighted by Gasteiger charge is 2.11. The number of anilines is 1. The third kappa shape index (κ3) is 7.81. The Hall–Kier alpha value is -1.73. The summed E-state index contributed by atoms with van der Waals surface area (Å²) in [6, 6.07) is 0. The Kier molecular flexibility index (Phi) is 10.1. The summed E-state index contributed by atoms with van der Waals surface area (Å²) in [7, 11) is 0. The average molecular weight is 378 g/mol. The summed E-state index contributed by atoms with van der Waals surface area (Å²) >= 11 is 0. The molecule has 7 heteroatoms. The van der Waals surface area contributed by atoms with Crippen molar-refractivity contribution in [1.82, 2.24) is 19.5 Å². The molecule has 0 amide bonds. The van der Waals surface area contributed by atoms with Gasteiger partial charge < -0.3 is 20.1 Å². The van der Waals surface area contributed by atoms with Crippen LogP contribution in [0.15, 0.2) is 12.7 Å². The molecule has 0 aliphatic heterocycles. The van der Waals surface area contributed by atoms with Crippen molar-refractivity contribution in [2.75, 3.05) is 18.9 Å². The van der Waals surface area contributed by atoms with Crippen molar-refractivity contribution in [1.29, 1.82) is 0 Å². The van der Waals surface area contributed by atoms with E-state index in [0.29, 0.717) is 36.7 Å². The van der Waals surface area contributed by atoms with Gasteiger partial charge in [-0.3, -0.25) is 0 Å². The smallest absolute Gasteiger partial charge is 0.165 e. The van der Waals surface area contributed by atoms with Crippen molar-refractivity contribution < 1.29 is 9.84 Å². The number of fused-ring (bicyclic) bond motifs is 1. The number of nitrogens with zero attached hydrogens (tertiary/aromatic N) is 4. The van der Waals surface area contributed by atoms with Crippen LogP contribution in [0, 0.1) is 0 Å². The van der Waals surface area contributed by atoms with Crippen LogP contribution in [-0.2, 0) is 11.3 Å². The van der Waals surface area contributed by atoms with Gasteiger partial charge in [0.15, 0.2) is 11.5 Å². The number of nitrogen functional groups attached to an aromatic ring is 1. The highest BCUT2D eigenvalue weighted by atomic mass is 16.5. The third-order valence-electron chi connectivity index (χ3n) is 4.79. The minimum Gasteiger partial charge on any atom is -0.389 e. The number of hydrogen-bond donors (Lipinski definition) is 2. The molecule has 0 aliphatic carbocycles. The largest absolute Gasteiger partial charge is 0.389 e. The first-order valence-corrected chi connectivity index (χ1v) is 10.4. The minimum absolute atomic E-state index is 0.317. The predicted molar refractivity (Wildman–Crippen MR) is 108 cm³/mol. The number of ether oxygens (including phenoxy) is 1. The minimum atomic E-state index is -0.596. The first-order chi connectivity index (χ1) is 13.2. The molecule has 0 unspecified atom stereocenters. The number of aromatic nitrogens is 4. The molecule has 2 aromatic rings. The third-order valence-corrected chi connectivity index (χ3v) is 4.79. The molecule has 0 aromatic carbocycles. The molecule has 0 aliphatic rings.